The van der Waals surface area contributed by atoms with Crippen molar-refractivity contribution < 1.29 is 37.7 Å². The van der Waals surface area contributed by atoms with Crippen LogP contribution in [0.5, 0.6) is 11.5 Å². The second kappa shape index (κ2) is 9.39. The van der Waals surface area contributed by atoms with E-state index < -0.39 is 23.5 Å². The zero-order chi connectivity index (χ0) is 23.5. The molecule has 1 aliphatic rings. The average molecular weight is 465 g/mol. The zero-order valence-corrected chi connectivity index (χ0v) is 17.8. The van der Waals surface area contributed by atoms with Crippen molar-refractivity contribution >= 4 is 34.5 Å². The number of aliphatic imine (C=N–C) groups is 1. The van der Waals surface area contributed by atoms with Gasteiger partial charge in [0.25, 0.3) is 0 Å². The molecule has 0 bridgehead atoms. The highest BCUT2D eigenvalue weighted by Gasteiger charge is 2.34. The van der Waals surface area contributed by atoms with Gasteiger partial charge in [0.1, 0.15) is 16.4 Å². The number of rotatable bonds is 5. The summed E-state index contributed by atoms with van der Waals surface area (Å²) >= 11 is 0.903. The monoisotopic (exact) mass is 465 g/mol. The van der Waals surface area contributed by atoms with Crippen LogP contribution in [0.2, 0.25) is 0 Å². The lowest BCUT2D eigenvalue weighted by Gasteiger charge is -2.07. The fraction of sp³-hybridized carbons (Fsp3) is 0.182. The van der Waals surface area contributed by atoms with Gasteiger partial charge in [0.15, 0.2) is 11.5 Å². The summed E-state index contributed by atoms with van der Waals surface area (Å²) in [6, 6.07) is 8.79. The highest BCUT2D eigenvalue weighted by molar-refractivity contribution is 8.18. The molecular weight excluding hydrogens is 447 g/mol. The van der Waals surface area contributed by atoms with Crippen LogP contribution in [0.25, 0.3) is 6.08 Å². The van der Waals surface area contributed by atoms with Gasteiger partial charge in [-0.25, -0.2) is 9.79 Å². The minimum absolute atomic E-state index is 0.00253. The Labute approximate surface area is 185 Å². The summed E-state index contributed by atoms with van der Waals surface area (Å²) in [5, 5.41) is 20.4. The fourth-order valence-electron chi connectivity index (χ4n) is 2.80. The molecule has 0 atom stereocenters. The summed E-state index contributed by atoms with van der Waals surface area (Å²) in [5.74, 6) is -1.14. The van der Waals surface area contributed by atoms with E-state index in [0.29, 0.717) is 5.56 Å². The third-order valence-corrected chi connectivity index (χ3v) is 5.30. The predicted molar refractivity (Wildman–Crippen MR) is 115 cm³/mol. The first-order valence-electron chi connectivity index (χ1n) is 9.27. The number of benzene rings is 2. The quantitative estimate of drug-likeness (QED) is 0.558. The van der Waals surface area contributed by atoms with E-state index in [0.717, 1.165) is 23.9 Å². The number of carbonyl (C=O) groups is 1. The van der Waals surface area contributed by atoms with Crippen LogP contribution in [0.15, 0.2) is 63.7 Å². The molecule has 10 heteroatoms. The van der Waals surface area contributed by atoms with Gasteiger partial charge in [-0.3, -0.25) is 0 Å². The Hall–Kier alpha value is -3.40. The molecule has 3 rings (SSSR count). The smallest absolute Gasteiger partial charge is 0.416 e. The number of nitrogens with zero attached hydrogens (tertiary/aromatic N) is 1. The molecule has 0 saturated carbocycles. The molecule has 1 aliphatic heterocycles. The lowest BCUT2D eigenvalue weighted by atomic mass is 10.1. The number of esters is 1. The maximum Gasteiger partial charge on any atom is 0.416 e. The van der Waals surface area contributed by atoms with Crippen molar-refractivity contribution in [2.24, 2.45) is 4.99 Å². The fourth-order valence-corrected chi connectivity index (χ4v) is 3.83. The maximum absolute atomic E-state index is 13.0. The Kier molecular flexibility index (Phi) is 6.83. The van der Waals surface area contributed by atoms with E-state index in [-0.39, 0.29) is 39.3 Å². The van der Waals surface area contributed by atoms with Crippen LogP contribution >= 0.6 is 11.8 Å². The molecule has 32 heavy (non-hydrogen) atoms. The number of ether oxygens (including phenoxy) is 2. The van der Waals surface area contributed by atoms with E-state index in [2.05, 4.69) is 4.99 Å². The number of aliphatic hydroxyl groups is 1. The molecule has 0 aliphatic carbocycles. The van der Waals surface area contributed by atoms with E-state index in [4.69, 9.17) is 9.47 Å². The van der Waals surface area contributed by atoms with E-state index in [1.807, 2.05) is 0 Å². The Balaban J connectivity index is 2.06. The molecule has 168 valence electrons. The molecule has 1 heterocycles. The predicted octanol–water partition coefficient (Wildman–Crippen LogP) is 5.61. The Bertz CT molecular complexity index is 1140. The molecule has 2 aromatic rings. The van der Waals surface area contributed by atoms with Crippen LogP contribution in [-0.4, -0.2) is 34.9 Å². The zero-order valence-electron chi connectivity index (χ0n) is 16.9. The van der Waals surface area contributed by atoms with Crippen molar-refractivity contribution in [3.8, 4) is 11.5 Å². The summed E-state index contributed by atoms with van der Waals surface area (Å²) < 4.78 is 49.1. The van der Waals surface area contributed by atoms with Gasteiger partial charge in [-0.2, -0.15) is 13.2 Å². The molecule has 0 amide bonds. The molecule has 2 aromatic carbocycles. The Morgan fingerprint density at radius 2 is 1.94 bits per heavy atom. The molecule has 0 unspecified atom stereocenters. The number of hydrogen-bond acceptors (Lipinski definition) is 7. The number of phenolic OH excluding ortho intramolecular Hbond substituents is 1. The van der Waals surface area contributed by atoms with Gasteiger partial charge in [-0.15, -0.1) is 0 Å². The van der Waals surface area contributed by atoms with Gasteiger partial charge in [-0.1, -0.05) is 23.9 Å². The molecule has 0 spiro atoms. The minimum Gasteiger partial charge on any atom is -0.506 e. The number of carbonyl (C=O) groups excluding carboxylic acids is 1. The van der Waals surface area contributed by atoms with Gasteiger partial charge in [0.2, 0.25) is 0 Å². The van der Waals surface area contributed by atoms with Crippen molar-refractivity contribution in [2.75, 3.05) is 13.7 Å². The van der Waals surface area contributed by atoms with Gasteiger partial charge >= 0.3 is 12.1 Å². The van der Waals surface area contributed by atoms with Crippen LogP contribution in [0.3, 0.4) is 0 Å². The molecule has 0 fully saturated rings. The second-order valence-electron chi connectivity index (χ2n) is 6.45. The van der Waals surface area contributed by atoms with E-state index in [1.54, 1.807) is 13.0 Å². The third kappa shape index (κ3) is 5.08. The van der Waals surface area contributed by atoms with Gasteiger partial charge in [0, 0.05) is 0 Å². The normalized spacial score (nSPS) is 16.7. The number of thioether (sulfide) groups is 1. The van der Waals surface area contributed by atoms with E-state index in [1.165, 1.54) is 37.5 Å². The number of alkyl halides is 3. The van der Waals surface area contributed by atoms with Crippen LogP contribution in [0.4, 0.5) is 18.9 Å². The van der Waals surface area contributed by atoms with Crippen LogP contribution in [0, 0.1) is 0 Å². The average Bonchev–Trinajstić information content (AvgIpc) is 3.03. The standard InChI is InChI=1S/C22H18F3NO5S/c1-3-31-21(29)18-19(28)17(10-12-7-8-15(27)16(9-12)30-2)32-20(18)26-14-6-4-5-13(11-14)22(23,24)25/h4-11,27-28H,3H2,1-2H3/b17-10+,26-20?. The van der Waals surface area contributed by atoms with Crippen molar-refractivity contribution in [1.82, 2.24) is 0 Å². The minimum atomic E-state index is -4.55. The first-order chi connectivity index (χ1) is 15.1. The van der Waals surface area contributed by atoms with Crippen LogP contribution in [-0.2, 0) is 15.7 Å². The second-order valence-corrected chi connectivity index (χ2v) is 7.48. The number of aliphatic hydroxyl groups excluding tert-OH is 1. The number of halogens is 3. The Morgan fingerprint density at radius 3 is 2.59 bits per heavy atom. The third-order valence-electron chi connectivity index (χ3n) is 4.28. The number of hydrogen-bond donors (Lipinski definition) is 2. The number of methoxy groups -OCH3 is 1. The molecule has 2 N–H and O–H groups in total. The first kappa shape index (κ1) is 23.3. The maximum atomic E-state index is 13.0. The van der Waals surface area contributed by atoms with E-state index in [9.17, 15) is 28.2 Å². The molecule has 0 saturated heterocycles. The Morgan fingerprint density at radius 1 is 1.19 bits per heavy atom. The summed E-state index contributed by atoms with van der Waals surface area (Å²) in [6.45, 7) is 1.62. The van der Waals surface area contributed by atoms with Crippen molar-refractivity contribution in [1.29, 1.82) is 0 Å². The van der Waals surface area contributed by atoms with Crippen molar-refractivity contribution in [3.05, 3.63) is 69.8 Å². The highest BCUT2D eigenvalue weighted by atomic mass is 32.2. The first-order valence-corrected chi connectivity index (χ1v) is 10.1. The topological polar surface area (TPSA) is 88.4 Å². The number of aromatic hydroxyl groups is 1. The number of phenols is 1. The lowest BCUT2D eigenvalue weighted by Crippen LogP contribution is -2.13. The van der Waals surface area contributed by atoms with Crippen molar-refractivity contribution in [3.63, 3.8) is 0 Å². The summed E-state index contributed by atoms with van der Waals surface area (Å²) in [5.41, 5.74) is -0.631. The van der Waals surface area contributed by atoms with Crippen molar-refractivity contribution in [2.45, 2.75) is 13.1 Å². The lowest BCUT2D eigenvalue weighted by molar-refractivity contribution is -0.138. The molecular formula is C22H18F3NO5S. The summed E-state index contributed by atoms with van der Waals surface area (Å²) in [6.07, 6.45) is -3.03. The van der Waals surface area contributed by atoms with Crippen LogP contribution < -0.4 is 4.74 Å². The van der Waals surface area contributed by atoms with E-state index >= 15 is 0 Å². The highest BCUT2D eigenvalue weighted by Crippen LogP contribution is 2.41. The molecule has 6 nitrogen and oxygen atoms in total. The molecule has 0 aromatic heterocycles. The van der Waals surface area contributed by atoms with Gasteiger partial charge < -0.3 is 19.7 Å². The largest absolute Gasteiger partial charge is 0.506 e. The molecule has 0 radical (unpaired) electrons. The van der Waals surface area contributed by atoms with Gasteiger partial charge in [0.05, 0.1) is 29.9 Å². The van der Waals surface area contributed by atoms with Gasteiger partial charge in [-0.05, 0) is 48.9 Å². The van der Waals surface area contributed by atoms with Crippen LogP contribution in [0.1, 0.15) is 18.1 Å². The SMILES string of the molecule is CCOC(=O)C1=C(O)/C(=C\c2ccc(O)c(OC)c2)SC1=Nc1cccc(C(F)(F)F)c1. The summed E-state index contributed by atoms with van der Waals surface area (Å²) in [7, 11) is 1.38. The summed E-state index contributed by atoms with van der Waals surface area (Å²) in [4.78, 5) is 16.8.